The van der Waals surface area contributed by atoms with Gasteiger partial charge in [0.15, 0.2) is 4.34 Å². The van der Waals surface area contributed by atoms with Crippen molar-refractivity contribution in [3.8, 4) is 0 Å². The predicted molar refractivity (Wildman–Crippen MR) is 133 cm³/mol. The third-order valence-corrected chi connectivity index (χ3v) is 7.83. The SMILES string of the molecule is CCc1nc(SCC(=O)NC[C@H]2CN(Cc3ccc(Cl)c(Cl)c3)CCO2)sc1C=CC(=O)O. The number of carbonyl (C=O) groups excluding carboxylic acids is 1. The van der Waals surface area contributed by atoms with Gasteiger partial charge in [0.25, 0.3) is 0 Å². The third-order valence-electron chi connectivity index (χ3n) is 4.89. The van der Waals surface area contributed by atoms with Gasteiger partial charge in [-0.15, -0.1) is 11.3 Å². The summed E-state index contributed by atoms with van der Waals surface area (Å²) in [5.74, 6) is -0.862. The average Bonchev–Trinajstić information content (AvgIpc) is 3.20. The largest absolute Gasteiger partial charge is 0.478 e. The van der Waals surface area contributed by atoms with Crippen molar-refractivity contribution in [1.82, 2.24) is 15.2 Å². The highest BCUT2D eigenvalue weighted by atomic mass is 35.5. The van der Waals surface area contributed by atoms with Gasteiger partial charge in [0, 0.05) is 32.3 Å². The molecule has 33 heavy (non-hydrogen) atoms. The summed E-state index contributed by atoms with van der Waals surface area (Å²) in [6.45, 7) is 5.25. The van der Waals surface area contributed by atoms with Gasteiger partial charge in [0.1, 0.15) is 0 Å². The molecule has 0 saturated carbocycles. The molecule has 1 aliphatic rings. The van der Waals surface area contributed by atoms with Crippen molar-refractivity contribution in [3.05, 3.63) is 50.5 Å². The number of aromatic nitrogens is 1. The molecule has 1 aromatic carbocycles. The number of halogens is 2. The van der Waals surface area contributed by atoms with E-state index in [9.17, 15) is 9.59 Å². The Kier molecular flexibility index (Phi) is 10.0. The van der Waals surface area contributed by atoms with E-state index in [2.05, 4.69) is 15.2 Å². The number of carboxylic acids is 1. The highest BCUT2D eigenvalue weighted by Gasteiger charge is 2.21. The fraction of sp³-hybridized carbons (Fsp3) is 0.409. The van der Waals surface area contributed by atoms with Crippen molar-refractivity contribution in [2.24, 2.45) is 0 Å². The molecule has 1 amide bonds. The van der Waals surface area contributed by atoms with Crippen molar-refractivity contribution in [2.75, 3.05) is 32.0 Å². The lowest BCUT2D eigenvalue weighted by Crippen LogP contribution is -2.47. The number of ether oxygens (including phenoxy) is 1. The molecular formula is C22H25Cl2N3O4S2. The minimum absolute atomic E-state index is 0.0882. The van der Waals surface area contributed by atoms with Gasteiger partial charge in [-0.2, -0.15) is 0 Å². The van der Waals surface area contributed by atoms with E-state index in [1.54, 1.807) is 12.1 Å². The van der Waals surface area contributed by atoms with E-state index in [-0.39, 0.29) is 17.8 Å². The number of aliphatic carboxylic acids is 1. The molecular weight excluding hydrogens is 505 g/mol. The molecule has 1 aliphatic heterocycles. The van der Waals surface area contributed by atoms with Crippen LogP contribution in [0, 0.1) is 0 Å². The van der Waals surface area contributed by atoms with Gasteiger partial charge in [0.2, 0.25) is 5.91 Å². The summed E-state index contributed by atoms with van der Waals surface area (Å²) >= 11 is 14.8. The molecule has 1 saturated heterocycles. The van der Waals surface area contributed by atoms with Crippen molar-refractivity contribution >= 4 is 64.3 Å². The summed E-state index contributed by atoms with van der Waals surface area (Å²) in [5.41, 5.74) is 1.91. The number of rotatable bonds is 10. The molecule has 2 heterocycles. The van der Waals surface area contributed by atoms with E-state index in [0.29, 0.717) is 36.2 Å². The molecule has 7 nitrogen and oxygen atoms in total. The van der Waals surface area contributed by atoms with E-state index in [1.807, 2.05) is 19.1 Å². The van der Waals surface area contributed by atoms with Gasteiger partial charge in [-0.25, -0.2) is 9.78 Å². The Morgan fingerprint density at radius 2 is 2.21 bits per heavy atom. The normalized spacial score (nSPS) is 16.9. The molecule has 2 aromatic rings. The monoisotopic (exact) mass is 529 g/mol. The minimum atomic E-state index is -1.00. The molecule has 178 valence electrons. The number of amides is 1. The van der Waals surface area contributed by atoms with Gasteiger partial charge in [-0.1, -0.05) is 48.0 Å². The summed E-state index contributed by atoms with van der Waals surface area (Å²) in [7, 11) is 0. The van der Waals surface area contributed by atoms with E-state index in [4.69, 9.17) is 33.0 Å². The van der Waals surface area contributed by atoms with Crippen LogP contribution in [-0.4, -0.2) is 65.0 Å². The van der Waals surface area contributed by atoms with Crippen molar-refractivity contribution in [2.45, 2.75) is 30.3 Å². The molecule has 0 bridgehead atoms. The fourth-order valence-corrected chi connectivity index (χ4v) is 5.60. The zero-order chi connectivity index (χ0) is 23.8. The second-order valence-electron chi connectivity index (χ2n) is 7.38. The number of morpholine rings is 1. The second-order valence-corrected chi connectivity index (χ2v) is 10.5. The van der Waals surface area contributed by atoms with E-state index < -0.39 is 5.97 Å². The maximum atomic E-state index is 12.3. The predicted octanol–water partition coefficient (Wildman–Crippen LogP) is 4.22. The Morgan fingerprint density at radius 3 is 2.94 bits per heavy atom. The topological polar surface area (TPSA) is 91.8 Å². The Morgan fingerprint density at radius 1 is 1.39 bits per heavy atom. The standard InChI is InChI=1S/C22H25Cl2N3O4S2/c1-2-18-19(5-6-21(29)30)33-22(26-18)32-13-20(28)25-10-15-12-27(7-8-31-15)11-14-3-4-16(23)17(24)9-14/h3-6,9,15H,2,7-8,10-13H2,1H3,(H,25,28)(H,29,30)/t15-/m0/s1. The average molecular weight is 530 g/mol. The Hall–Kier alpha value is -1.62. The maximum Gasteiger partial charge on any atom is 0.328 e. The van der Waals surface area contributed by atoms with Gasteiger partial charge in [-0.05, 0) is 30.2 Å². The number of hydrogen-bond acceptors (Lipinski definition) is 7. The van der Waals surface area contributed by atoms with Crippen LogP contribution in [-0.2, 0) is 27.3 Å². The van der Waals surface area contributed by atoms with Crippen molar-refractivity contribution in [3.63, 3.8) is 0 Å². The number of nitrogens with one attached hydrogen (secondary N) is 1. The summed E-state index contributed by atoms with van der Waals surface area (Å²) in [6.07, 6.45) is 3.26. The molecule has 0 radical (unpaired) electrons. The van der Waals surface area contributed by atoms with Gasteiger partial charge in [-0.3, -0.25) is 9.69 Å². The van der Waals surface area contributed by atoms with E-state index >= 15 is 0 Å². The highest BCUT2D eigenvalue weighted by molar-refractivity contribution is 8.01. The molecule has 0 unspecified atom stereocenters. The molecule has 1 atom stereocenters. The third kappa shape index (κ3) is 8.27. The van der Waals surface area contributed by atoms with E-state index in [1.165, 1.54) is 23.1 Å². The van der Waals surface area contributed by atoms with Gasteiger partial charge in [0.05, 0.1) is 39.1 Å². The minimum Gasteiger partial charge on any atom is -0.478 e. The smallest absolute Gasteiger partial charge is 0.328 e. The molecule has 2 N–H and O–H groups in total. The zero-order valence-corrected chi connectivity index (χ0v) is 21.2. The quantitative estimate of drug-likeness (QED) is 0.351. The van der Waals surface area contributed by atoms with Crippen LogP contribution in [0.2, 0.25) is 10.0 Å². The van der Waals surface area contributed by atoms with Crippen LogP contribution in [0.1, 0.15) is 23.1 Å². The van der Waals surface area contributed by atoms with Gasteiger partial charge < -0.3 is 15.2 Å². The molecule has 0 aliphatic carbocycles. The second kappa shape index (κ2) is 12.7. The zero-order valence-electron chi connectivity index (χ0n) is 18.1. The van der Waals surface area contributed by atoms with Crippen LogP contribution in [0.3, 0.4) is 0 Å². The number of carboxylic acid groups (broad SMARTS) is 1. The van der Waals surface area contributed by atoms with Crippen LogP contribution < -0.4 is 5.32 Å². The van der Waals surface area contributed by atoms with Crippen LogP contribution in [0.25, 0.3) is 6.08 Å². The molecule has 3 rings (SSSR count). The van der Waals surface area contributed by atoms with Gasteiger partial charge >= 0.3 is 5.97 Å². The first kappa shape index (κ1) is 26.0. The lowest BCUT2D eigenvalue weighted by Gasteiger charge is -2.33. The summed E-state index contributed by atoms with van der Waals surface area (Å²) < 4.78 is 6.55. The Balaban J connectivity index is 1.44. The number of benzene rings is 1. The summed E-state index contributed by atoms with van der Waals surface area (Å²) in [5, 5.41) is 12.8. The Bertz CT molecular complexity index is 1020. The highest BCUT2D eigenvalue weighted by Crippen LogP contribution is 2.29. The first-order chi connectivity index (χ1) is 15.8. The maximum absolute atomic E-state index is 12.3. The number of aryl methyl sites for hydroxylation is 1. The number of carbonyl (C=O) groups is 2. The molecule has 1 fully saturated rings. The molecule has 0 spiro atoms. The van der Waals surface area contributed by atoms with Crippen molar-refractivity contribution in [1.29, 1.82) is 0 Å². The first-order valence-corrected chi connectivity index (χ1v) is 13.0. The molecule has 11 heteroatoms. The van der Waals surface area contributed by atoms with Crippen molar-refractivity contribution < 1.29 is 19.4 Å². The lowest BCUT2D eigenvalue weighted by atomic mass is 10.2. The van der Waals surface area contributed by atoms with Crippen LogP contribution in [0.15, 0.2) is 28.6 Å². The number of thiazole rings is 1. The number of nitrogens with zero attached hydrogens (tertiary/aromatic N) is 2. The fourth-order valence-electron chi connectivity index (χ4n) is 3.28. The van der Waals surface area contributed by atoms with E-state index in [0.717, 1.165) is 39.6 Å². The van der Waals surface area contributed by atoms with Crippen LogP contribution >= 0.6 is 46.3 Å². The first-order valence-electron chi connectivity index (χ1n) is 10.4. The lowest BCUT2D eigenvalue weighted by molar-refractivity contribution is -0.131. The van der Waals surface area contributed by atoms with Crippen LogP contribution in [0.5, 0.6) is 0 Å². The Labute approximate surface area is 211 Å². The number of thioether (sulfide) groups is 1. The number of hydrogen-bond donors (Lipinski definition) is 2. The summed E-state index contributed by atoms with van der Waals surface area (Å²) in [6, 6.07) is 5.63. The summed E-state index contributed by atoms with van der Waals surface area (Å²) in [4.78, 5) is 30.7. The molecule has 1 aromatic heterocycles. The van der Waals surface area contributed by atoms with Crippen LogP contribution in [0.4, 0.5) is 0 Å².